The van der Waals surface area contributed by atoms with Crippen molar-refractivity contribution in [2.45, 2.75) is 33.3 Å². The highest BCUT2D eigenvalue weighted by Gasteiger charge is 2.05. The minimum atomic E-state index is -0.903. The maximum absolute atomic E-state index is 10.8. The van der Waals surface area contributed by atoms with E-state index in [0.29, 0.717) is 25.4 Å². The third kappa shape index (κ3) is 5.85. The van der Waals surface area contributed by atoms with Crippen molar-refractivity contribution >= 4 is 5.97 Å². The van der Waals surface area contributed by atoms with Gasteiger partial charge in [0.1, 0.15) is 0 Å². The van der Waals surface area contributed by atoms with Crippen LogP contribution in [0, 0.1) is 6.92 Å². The van der Waals surface area contributed by atoms with Crippen LogP contribution in [-0.2, 0) is 16.1 Å². The first kappa shape index (κ1) is 15.7. The SMILES string of the molecule is CCCCOCCOCc1ccc(C(=O)O)cc1C. The molecule has 4 heteroatoms. The highest BCUT2D eigenvalue weighted by Crippen LogP contribution is 2.12. The highest BCUT2D eigenvalue weighted by atomic mass is 16.5. The van der Waals surface area contributed by atoms with Crippen molar-refractivity contribution in [3.63, 3.8) is 0 Å². The van der Waals surface area contributed by atoms with Crippen LogP contribution in [-0.4, -0.2) is 30.9 Å². The van der Waals surface area contributed by atoms with Gasteiger partial charge in [0, 0.05) is 6.61 Å². The first-order valence-electron chi connectivity index (χ1n) is 6.63. The van der Waals surface area contributed by atoms with Crippen molar-refractivity contribution in [1.82, 2.24) is 0 Å². The van der Waals surface area contributed by atoms with Gasteiger partial charge in [-0.25, -0.2) is 4.79 Å². The van der Waals surface area contributed by atoms with Crippen molar-refractivity contribution in [2.24, 2.45) is 0 Å². The zero-order valence-corrected chi connectivity index (χ0v) is 11.6. The summed E-state index contributed by atoms with van der Waals surface area (Å²) < 4.78 is 10.9. The maximum Gasteiger partial charge on any atom is 0.335 e. The molecule has 0 fully saturated rings. The van der Waals surface area contributed by atoms with E-state index < -0.39 is 5.97 Å². The quantitative estimate of drug-likeness (QED) is 0.698. The number of aryl methyl sites for hydroxylation is 1. The summed E-state index contributed by atoms with van der Waals surface area (Å²) in [7, 11) is 0. The molecule has 0 aliphatic carbocycles. The van der Waals surface area contributed by atoms with E-state index in [1.807, 2.05) is 6.92 Å². The molecule has 0 aromatic heterocycles. The molecule has 0 unspecified atom stereocenters. The molecule has 0 aliphatic rings. The van der Waals surface area contributed by atoms with Gasteiger partial charge < -0.3 is 14.6 Å². The Morgan fingerprint density at radius 3 is 2.58 bits per heavy atom. The smallest absolute Gasteiger partial charge is 0.335 e. The minimum absolute atomic E-state index is 0.309. The van der Waals surface area contributed by atoms with Crippen molar-refractivity contribution in [3.05, 3.63) is 34.9 Å². The lowest BCUT2D eigenvalue weighted by Gasteiger charge is -2.08. The van der Waals surface area contributed by atoms with E-state index in [0.717, 1.165) is 30.6 Å². The Bertz CT molecular complexity index is 401. The Kier molecular flexibility index (Phi) is 7.15. The van der Waals surface area contributed by atoms with Crippen LogP contribution in [0.25, 0.3) is 0 Å². The van der Waals surface area contributed by atoms with Crippen molar-refractivity contribution in [3.8, 4) is 0 Å². The number of ether oxygens (including phenoxy) is 2. The topological polar surface area (TPSA) is 55.8 Å². The summed E-state index contributed by atoms with van der Waals surface area (Å²) >= 11 is 0. The van der Waals surface area contributed by atoms with Crippen LogP contribution in [0.15, 0.2) is 18.2 Å². The predicted molar refractivity (Wildman–Crippen MR) is 73.5 cm³/mol. The van der Waals surface area contributed by atoms with E-state index in [2.05, 4.69) is 6.92 Å². The summed E-state index contributed by atoms with van der Waals surface area (Å²) in [6.07, 6.45) is 2.21. The molecule has 1 aromatic rings. The van der Waals surface area contributed by atoms with Gasteiger partial charge in [0.05, 0.1) is 25.4 Å². The van der Waals surface area contributed by atoms with Crippen molar-refractivity contribution in [1.29, 1.82) is 0 Å². The van der Waals surface area contributed by atoms with Crippen LogP contribution in [0.5, 0.6) is 0 Å². The van der Waals surface area contributed by atoms with E-state index in [-0.39, 0.29) is 0 Å². The zero-order valence-electron chi connectivity index (χ0n) is 11.6. The average molecular weight is 266 g/mol. The van der Waals surface area contributed by atoms with Gasteiger partial charge in [-0.15, -0.1) is 0 Å². The first-order chi connectivity index (χ1) is 9.15. The number of benzene rings is 1. The van der Waals surface area contributed by atoms with Crippen LogP contribution in [0.2, 0.25) is 0 Å². The molecule has 0 aliphatic heterocycles. The molecule has 0 saturated carbocycles. The Hall–Kier alpha value is -1.39. The average Bonchev–Trinajstić information content (AvgIpc) is 2.39. The summed E-state index contributed by atoms with van der Waals surface area (Å²) in [5.74, 6) is -0.903. The summed E-state index contributed by atoms with van der Waals surface area (Å²) in [4.78, 5) is 10.8. The molecular weight excluding hydrogens is 244 g/mol. The number of hydrogen-bond donors (Lipinski definition) is 1. The number of carboxylic acids is 1. The Labute approximate surface area is 114 Å². The Morgan fingerprint density at radius 1 is 1.21 bits per heavy atom. The normalized spacial score (nSPS) is 10.6. The monoisotopic (exact) mass is 266 g/mol. The first-order valence-corrected chi connectivity index (χ1v) is 6.63. The lowest BCUT2D eigenvalue weighted by Crippen LogP contribution is -2.06. The van der Waals surface area contributed by atoms with Crippen LogP contribution < -0.4 is 0 Å². The van der Waals surface area contributed by atoms with Crippen LogP contribution >= 0.6 is 0 Å². The van der Waals surface area contributed by atoms with Gasteiger partial charge in [0.2, 0.25) is 0 Å². The standard InChI is InChI=1S/C15H22O4/c1-3-4-7-18-8-9-19-11-14-6-5-13(15(16)17)10-12(14)2/h5-6,10H,3-4,7-9,11H2,1-2H3,(H,16,17). The maximum atomic E-state index is 10.8. The summed E-state index contributed by atoms with van der Waals surface area (Å²) in [6, 6.07) is 5.07. The van der Waals surface area contributed by atoms with E-state index >= 15 is 0 Å². The van der Waals surface area contributed by atoms with Crippen molar-refractivity contribution in [2.75, 3.05) is 19.8 Å². The summed E-state index contributed by atoms with van der Waals surface area (Å²) in [6.45, 7) is 6.46. The van der Waals surface area contributed by atoms with Gasteiger partial charge in [-0.05, 0) is 36.6 Å². The van der Waals surface area contributed by atoms with Gasteiger partial charge in [-0.2, -0.15) is 0 Å². The lowest BCUT2D eigenvalue weighted by molar-refractivity contribution is 0.0395. The fraction of sp³-hybridized carbons (Fsp3) is 0.533. The second-order valence-electron chi connectivity index (χ2n) is 4.46. The van der Waals surface area contributed by atoms with Crippen LogP contribution in [0.4, 0.5) is 0 Å². The molecule has 0 atom stereocenters. The molecule has 4 nitrogen and oxygen atoms in total. The molecule has 0 amide bonds. The number of carboxylic acid groups (broad SMARTS) is 1. The molecule has 0 bridgehead atoms. The molecular formula is C15H22O4. The number of unbranched alkanes of at least 4 members (excludes halogenated alkanes) is 1. The molecule has 0 saturated heterocycles. The highest BCUT2D eigenvalue weighted by molar-refractivity contribution is 5.87. The molecule has 0 spiro atoms. The van der Waals surface area contributed by atoms with E-state index in [9.17, 15) is 4.79 Å². The Morgan fingerprint density at radius 2 is 1.95 bits per heavy atom. The second-order valence-corrected chi connectivity index (χ2v) is 4.46. The molecule has 19 heavy (non-hydrogen) atoms. The fourth-order valence-corrected chi connectivity index (χ4v) is 1.64. The van der Waals surface area contributed by atoms with Gasteiger partial charge in [0.25, 0.3) is 0 Å². The van der Waals surface area contributed by atoms with E-state index in [1.54, 1.807) is 18.2 Å². The zero-order chi connectivity index (χ0) is 14.1. The molecule has 1 rings (SSSR count). The number of hydrogen-bond acceptors (Lipinski definition) is 3. The third-order valence-electron chi connectivity index (χ3n) is 2.86. The fourth-order valence-electron chi connectivity index (χ4n) is 1.64. The largest absolute Gasteiger partial charge is 0.478 e. The molecule has 1 aromatic carbocycles. The third-order valence-corrected chi connectivity index (χ3v) is 2.86. The second kappa shape index (κ2) is 8.67. The van der Waals surface area contributed by atoms with Crippen molar-refractivity contribution < 1.29 is 19.4 Å². The van der Waals surface area contributed by atoms with Crippen LogP contribution in [0.1, 0.15) is 41.3 Å². The van der Waals surface area contributed by atoms with Gasteiger partial charge in [-0.3, -0.25) is 0 Å². The summed E-state index contributed by atoms with van der Waals surface area (Å²) in [5, 5.41) is 8.87. The Balaban J connectivity index is 2.28. The van der Waals surface area contributed by atoms with E-state index in [4.69, 9.17) is 14.6 Å². The molecule has 106 valence electrons. The lowest BCUT2D eigenvalue weighted by atomic mass is 10.1. The number of aromatic carboxylic acids is 1. The number of carbonyl (C=O) groups is 1. The van der Waals surface area contributed by atoms with Gasteiger partial charge >= 0.3 is 5.97 Å². The molecule has 0 heterocycles. The van der Waals surface area contributed by atoms with Gasteiger partial charge in [-0.1, -0.05) is 19.4 Å². The predicted octanol–water partition coefficient (Wildman–Crippen LogP) is 3.03. The van der Waals surface area contributed by atoms with Gasteiger partial charge in [0.15, 0.2) is 0 Å². The van der Waals surface area contributed by atoms with Crippen LogP contribution in [0.3, 0.4) is 0 Å². The minimum Gasteiger partial charge on any atom is -0.478 e. The molecule has 0 radical (unpaired) electrons. The molecule has 1 N–H and O–H groups in total. The van der Waals surface area contributed by atoms with E-state index in [1.165, 1.54) is 0 Å². The number of rotatable bonds is 9. The summed E-state index contributed by atoms with van der Waals surface area (Å²) in [5.41, 5.74) is 2.26.